The van der Waals surface area contributed by atoms with Crippen LogP contribution in [0.15, 0.2) is 35.1 Å². The maximum atomic E-state index is 4.14. The van der Waals surface area contributed by atoms with Gasteiger partial charge in [-0.3, -0.25) is 4.98 Å². The number of pyridine rings is 1. The Morgan fingerprint density at radius 3 is 2.75 bits per heavy atom. The van der Waals surface area contributed by atoms with Crippen molar-refractivity contribution < 1.29 is 0 Å². The third-order valence-corrected chi connectivity index (χ3v) is 2.64. The Balaban J connectivity index is 2.94. The largest absolute Gasteiger partial charge is 0.264 e. The molecule has 0 bridgehead atoms. The quantitative estimate of drug-likeness (QED) is 0.666. The fourth-order valence-electron chi connectivity index (χ4n) is 1.31. The van der Waals surface area contributed by atoms with Crippen LogP contribution in [0.25, 0.3) is 10.8 Å². The van der Waals surface area contributed by atoms with Crippen LogP contribution in [0.5, 0.6) is 0 Å². The van der Waals surface area contributed by atoms with E-state index in [1.54, 1.807) is 0 Å². The van der Waals surface area contributed by atoms with Gasteiger partial charge >= 0.3 is 0 Å². The first-order valence-electron chi connectivity index (χ1n) is 3.78. The molecule has 1 heterocycles. The second-order valence-corrected chi connectivity index (χ2v) is 3.65. The highest BCUT2D eigenvalue weighted by Gasteiger charge is 1.99. The van der Waals surface area contributed by atoms with E-state index in [1.165, 1.54) is 16.3 Å². The molecule has 1 nitrogen and oxygen atoms in total. The van der Waals surface area contributed by atoms with Crippen molar-refractivity contribution in [3.05, 3.63) is 40.6 Å². The Morgan fingerprint density at radius 1 is 1.17 bits per heavy atom. The minimum atomic E-state index is 1.11. The highest BCUT2D eigenvalue weighted by atomic mass is 79.9. The Kier molecular flexibility index (Phi) is 1.85. The van der Waals surface area contributed by atoms with Crippen molar-refractivity contribution in [2.45, 2.75) is 6.92 Å². The van der Waals surface area contributed by atoms with E-state index in [2.05, 4.69) is 33.9 Å². The molecular formula is C10H8BrN. The third kappa shape index (κ3) is 1.12. The zero-order chi connectivity index (χ0) is 8.55. The molecule has 0 radical (unpaired) electrons. The lowest BCUT2D eigenvalue weighted by Crippen LogP contribution is -1.81. The van der Waals surface area contributed by atoms with E-state index in [9.17, 15) is 0 Å². The molecule has 12 heavy (non-hydrogen) atoms. The van der Waals surface area contributed by atoms with Crippen LogP contribution in [0, 0.1) is 6.92 Å². The molecular weight excluding hydrogens is 214 g/mol. The van der Waals surface area contributed by atoms with Crippen LogP contribution in [0.2, 0.25) is 0 Å². The SMILES string of the molecule is Cc1cncc2c(Br)cccc12. The number of hydrogen-bond acceptors (Lipinski definition) is 1. The molecule has 1 aromatic heterocycles. The van der Waals surface area contributed by atoms with Crippen molar-refractivity contribution in [3.8, 4) is 0 Å². The second kappa shape index (κ2) is 2.87. The smallest absolute Gasteiger partial charge is 0.0357 e. The molecule has 0 unspecified atom stereocenters. The fourth-order valence-corrected chi connectivity index (χ4v) is 1.77. The first kappa shape index (κ1) is 7.74. The summed E-state index contributed by atoms with van der Waals surface area (Å²) in [6.45, 7) is 2.07. The molecule has 0 aliphatic rings. The summed E-state index contributed by atoms with van der Waals surface area (Å²) in [5, 5.41) is 2.44. The summed E-state index contributed by atoms with van der Waals surface area (Å²) in [6.07, 6.45) is 3.77. The molecule has 2 heteroatoms. The number of rotatable bonds is 0. The molecule has 0 atom stereocenters. The van der Waals surface area contributed by atoms with Gasteiger partial charge in [0.05, 0.1) is 0 Å². The molecule has 0 saturated heterocycles. The normalized spacial score (nSPS) is 10.5. The van der Waals surface area contributed by atoms with Crippen molar-refractivity contribution in [1.29, 1.82) is 0 Å². The van der Waals surface area contributed by atoms with E-state index < -0.39 is 0 Å². The number of aryl methyl sites for hydroxylation is 1. The highest BCUT2D eigenvalue weighted by Crippen LogP contribution is 2.24. The van der Waals surface area contributed by atoms with Crippen molar-refractivity contribution in [2.75, 3.05) is 0 Å². The lowest BCUT2D eigenvalue weighted by atomic mass is 10.1. The molecule has 0 N–H and O–H groups in total. The topological polar surface area (TPSA) is 12.9 Å². The summed E-state index contributed by atoms with van der Waals surface area (Å²) < 4.78 is 1.11. The molecule has 0 fully saturated rings. The summed E-state index contributed by atoms with van der Waals surface area (Å²) in [5.74, 6) is 0. The van der Waals surface area contributed by atoms with Gasteiger partial charge in [0.15, 0.2) is 0 Å². The summed E-state index contributed by atoms with van der Waals surface area (Å²) in [4.78, 5) is 4.14. The molecule has 2 aromatic rings. The van der Waals surface area contributed by atoms with Gasteiger partial charge in [-0.2, -0.15) is 0 Å². The van der Waals surface area contributed by atoms with Gasteiger partial charge in [-0.25, -0.2) is 0 Å². The highest BCUT2D eigenvalue weighted by molar-refractivity contribution is 9.10. The molecule has 0 aliphatic carbocycles. The molecule has 0 spiro atoms. The van der Waals surface area contributed by atoms with Gasteiger partial charge in [-0.15, -0.1) is 0 Å². The average molecular weight is 222 g/mol. The number of benzene rings is 1. The first-order chi connectivity index (χ1) is 5.79. The third-order valence-electron chi connectivity index (χ3n) is 1.95. The van der Waals surface area contributed by atoms with Crippen molar-refractivity contribution in [1.82, 2.24) is 4.98 Å². The summed E-state index contributed by atoms with van der Waals surface area (Å²) in [7, 11) is 0. The maximum Gasteiger partial charge on any atom is 0.0357 e. The number of aromatic nitrogens is 1. The zero-order valence-corrected chi connectivity index (χ0v) is 8.30. The monoisotopic (exact) mass is 221 g/mol. The maximum absolute atomic E-state index is 4.14. The molecule has 60 valence electrons. The predicted molar refractivity (Wildman–Crippen MR) is 54.2 cm³/mol. The predicted octanol–water partition coefficient (Wildman–Crippen LogP) is 3.31. The number of halogens is 1. The summed E-state index contributed by atoms with van der Waals surface area (Å²) in [5.41, 5.74) is 1.22. The Bertz CT molecular complexity index is 382. The van der Waals surface area contributed by atoms with Crippen LogP contribution in [-0.2, 0) is 0 Å². The van der Waals surface area contributed by atoms with E-state index in [4.69, 9.17) is 0 Å². The lowest BCUT2D eigenvalue weighted by Gasteiger charge is -2.01. The molecule has 2 rings (SSSR count). The summed E-state index contributed by atoms with van der Waals surface area (Å²) in [6, 6.07) is 6.18. The van der Waals surface area contributed by atoms with E-state index in [0.29, 0.717) is 0 Å². The lowest BCUT2D eigenvalue weighted by molar-refractivity contribution is 1.31. The number of hydrogen-bond donors (Lipinski definition) is 0. The van der Waals surface area contributed by atoms with Crippen molar-refractivity contribution in [3.63, 3.8) is 0 Å². The second-order valence-electron chi connectivity index (χ2n) is 2.79. The minimum absolute atomic E-state index is 1.11. The van der Waals surface area contributed by atoms with Gasteiger partial charge in [-0.1, -0.05) is 28.1 Å². The number of fused-ring (bicyclic) bond motifs is 1. The van der Waals surface area contributed by atoms with Crippen LogP contribution in [-0.4, -0.2) is 4.98 Å². The van der Waals surface area contributed by atoms with Crippen LogP contribution >= 0.6 is 15.9 Å². The molecule has 1 aromatic carbocycles. The molecule has 0 saturated carbocycles. The van der Waals surface area contributed by atoms with Crippen LogP contribution in [0.4, 0.5) is 0 Å². The van der Waals surface area contributed by atoms with Crippen molar-refractivity contribution in [2.24, 2.45) is 0 Å². The Morgan fingerprint density at radius 2 is 2.00 bits per heavy atom. The Hall–Kier alpha value is -0.890. The van der Waals surface area contributed by atoms with Crippen LogP contribution in [0.3, 0.4) is 0 Å². The van der Waals surface area contributed by atoms with E-state index in [1.807, 2.05) is 24.5 Å². The van der Waals surface area contributed by atoms with E-state index in [-0.39, 0.29) is 0 Å². The van der Waals surface area contributed by atoms with Crippen LogP contribution < -0.4 is 0 Å². The van der Waals surface area contributed by atoms with Gasteiger partial charge in [0.2, 0.25) is 0 Å². The first-order valence-corrected chi connectivity index (χ1v) is 4.57. The van der Waals surface area contributed by atoms with Crippen molar-refractivity contribution >= 4 is 26.7 Å². The van der Waals surface area contributed by atoms with Gasteiger partial charge in [0.25, 0.3) is 0 Å². The number of nitrogens with zero attached hydrogens (tertiary/aromatic N) is 1. The van der Waals surface area contributed by atoms with E-state index in [0.717, 1.165) is 4.47 Å². The molecule has 0 aliphatic heterocycles. The fraction of sp³-hybridized carbons (Fsp3) is 0.100. The van der Waals surface area contributed by atoms with Gasteiger partial charge < -0.3 is 0 Å². The Labute approximate surface area is 79.6 Å². The zero-order valence-electron chi connectivity index (χ0n) is 6.71. The standard InChI is InChI=1S/C10H8BrN/c1-7-5-12-6-9-8(7)3-2-4-10(9)11/h2-6H,1H3. The molecule has 0 amide bonds. The van der Waals surface area contributed by atoms with Crippen LogP contribution in [0.1, 0.15) is 5.56 Å². The van der Waals surface area contributed by atoms with Gasteiger partial charge in [0, 0.05) is 22.3 Å². The summed E-state index contributed by atoms with van der Waals surface area (Å²) >= 11 is 3.49. The van der Waals surface area contributed by atoms with Gasteiger partial charge in [-0.05, 0) is 23.9 Å². The average Bonchev–Trinajstić information content (AvgIpc) is 2.07. The van der Waals surface area contributed by atoms with E-state index >= 15 is 0 Å². The van der Waals surface area contributed by atoms with Gasteiger partial charge in [0.1, 0.15) is 0 Å². The minimum Gasteiger partial charge on any atom is -0.264 e.